The van der Waals surface area contributed by atoms with Crippen molar-refractivity contribution in [1.82, 2.24) is 24.8 Å². The second-order valence-electron chi connectivity index (χ2n) is 6.34. The zero-order valence-electron chi connectivity index (χ0n) is 15.2. The average molecular weight is 367 g/mol. The normalized spacial score (nSPS) is 11.0. The molecule has 0 atom stereocenters. The van der Waals surface area contributed by atoms with Crippen molar-refractivity contribution < 1.29 is 4.74 Å². The third-order valence-corrected chi connectivity index (χ3v) is 4.68. The zero-order chi connectivity index (χ0) is 18.9. The summed E-state index contributed by atoms with van der Waals surface area (Å²) in [6.45, 7) is 0. The molecule has 0 spiro atoms. The molecule has 5 aromatic rings. The molecule has 0 aliphatic rings. The molecule has 6 heteroatoms. The van der Waals surface area contributed by atoms with E-state index in [1.165, 1.54) is 0 Å². The molecule has 2 heterocycles. The van der Waals surface area contributed by atoms with Gasteiger partial charge in [-0.1, -0.05) is 42.5 Å². The number of aromatic amines is 1. The number of rotatable bonds is 2. The van der Waals surface area contributed by atoms with Crippen molar-refractivity contribution in [2.24, 2.45) is 0 Å². The van der Waals surface area contributed by atoms with E-state index in [0.717, 1.165) is 33.2 Å². The van der Waals surface area contributed by atoms with Crippen LogP contribution in [0.3, 0.4) is 0 Å². The number of fused-ring (bicyclic) bond motifs is 4. The molecule has 2 aromatic heterocycles. The monoisotopic (exact) mass is 367 g/mol. The number of hydrogen-bond donors (Lipinski definition) is 1. The third kappa shape index (κ3) is 2.63. The Labute approximate surface area is 160 Å². The SMILES string of the molecule is COc1ccccc1-c1n[nH]n2c1nc1ccccc1ncc1ccccc12. The van der Waals surface area contributed by atoms with E-state index in [0.29, 0.717) is 11.3 Å². The minimum absolute atomic E-state index is 0.690. The number of aromatic nitrogens is 5. The lowest BCUT2D eigenvalue weighted by Gasteiger charge is -2.05. The number of nitrogens with zero attached hydrogens (tertiary/aromatic N) is 4. The highest BCUT2D eigenvalue weighted by atomic mass is 16.5. The fourth-order valence-corrected chi connectivity index (χ4v) is 3.32. The molecule has 3 aromatic carbocycles. The van der Waals surface area contributed by atoms with Gasteiger partial charge >= 0.3 is 0 Å². The number of para-hydroxylation sites is 4. The van der Waals surface area contributed by atoms with Crippen molar-refractivity contribution in [3.63, 3.8) is 0 Å². The van der Waals surface area contributed by atoms with Crippen LogP contribution in [0.1, 0.15) is 0 Å². The highest BCUT2D eigenvalue weighted by molar-refractivity contribution is 5.86. The van der Waals surface area contributed by atoms with Gasteiger partial charge in [0.1, 0.15) is 11.4 Å². The third-order valence-electron chi connectivity index (χ3n) is 4.68. The summed E-state index contributed by atoms with van der Waals surface area (Å²) in [6, 6.07) is 23.6. The Kier molecular flexibility index (Phi) is 3.87. The average Bonchev–Trinajstić information content (AvgIpc) is 3.17. The van der Waals surface area contributed by atoms with Crippen LogP contribution in [0.5, 0.6) is 5.75 Å². The number of nitrogens with one attached hydrogen (secondary N) is 1. The van der Waals surface area contributed by atoms with E-state index in [4.69, 9.17) is 9.72 Å². The van der Waals surface area contributed by atoms with Gasteiger partial charge < -0.3 is 4.74 Å². The molecular formula is C22H17N5O. The van der Waals surface area contributed by atoms with Crippen molar-refractivity contribution in [2.75, 3.05) is 7.11 Å². The smallest absolute Gasteiger partial charge is 0.182 e. The van der Waals surface area contributed by atoms with Gasteiger partial charge in [0.25, 0.3) is 0 Å². The van der Waals surface area contributed by atoms with E-state index >= 15 is 0 Å². The zero-order valence-corrected chi connectivity index (χ0v) is 15.2. The molecule has 28 heavy (non-hydrogen) atoms. The Hall–Kier alpha value is -3.93. The quantitative estimate of drug-likeness (QED) is 0.497. The molecule has 1 N–H and O–H groups in total. The van der Waals surface area contributed by atoms with E-state index in [9.17, 15) is 0 Å². The van der Waals surface area contributed by atoms with E-state index in [1.54, 1.807) is 7.11 Å². The van der Waals surface area contributed by atoms with Crippen molar-refractivity contribution in [2.45, 2.75) is 0 Å². The van der Waals surface area contributed by atoms with Crippen molar-refractivity contribution in [3.05, 3.63) is 79.0 Å². The minimum atomic E-state index is 0.690. The van der Waals surface area contributed by atoms with Gasteiger partial charge in [-0.2, -0.15) is 5.10 Å². The maximum Gasteiger partial charge on any atom is 0.182 e. The van der Waals surface area contributed by atoms with Crippen LogP contribution in [-0.4, -0.2) is 31.9 Å². The van der Waals surface area contributed by atoms with E-state index < -0.39 is 0 Å². The molecular weight excluding hydrogens is 350 g/mol. The summed E-state index contributed by atoms with van der Waals surface area (Å²) in [6.07, 6.45) is 1.86. The van der Waals surface area contributed by atoms with Gasteiger partial charge in [0.05, 0.1) is 23.7 Å². The molecule has 0 unspecified atom stereocenters. The van der Waals surface area contributed by atoms with Crippen LogP contribution in [0.4, 0.5) is 0 Å². The van der Waals surface area contributed by atoms with Gasteiger partial charge in [-0.25, -0.2) is 14.7 Å². The molecule has 0 bridgehead atoms. The lowest BCUT2D eigenvalue weighted by Crippen LogP contribution is -1.90. The maximum atomic E-state index is 5.55. The second-order valence-corrected chi connectivity index (χ2v) is 6.34. The highest BCUT2D eigenvalue weighted by Gasteiger charge is 2.14. The molecule has 0 radical (unpaired) electrons. The summed E-state index contributed by atoms with van der Waals surface area (Å²) < 4.78 is 7.43. The number of hydrogen-bond acceptors (Lipinski definition) is 4. The molecule has 0 aliphatic heterocycles. The topological polar surface area (TPSA) is 68.1 Å². The first-order valence-electron chi connectivity index (χ1n) is 8.93. The lowest BCUT2D eigenvalue weighted by atomic mass is 10.1. The lowest BCUT2D eigenvalue weighted by molar-refractivity contribution is 0.416. The van der Waals surface area contributed by atoms with Crippen LogP contribution in [0.15, 0.2) is 79.0 Å². The van der Waals surface area contributed by atoms with Crippen LogP contribution in [0.25, 0.3) is 38.8 Å². The largest absolute Gasteiger partial charge is 0.496 e. The summed E-state index contributed by atoms with van der Waals surface area (Å²) in [5, 5.41) is 8.66. The Morgan fingerprint density at radius 3 is 2.50 bits per heavy atom. The molecule has 0 fully saturated rings. The maximum absolute atomic E-state index is 5.55. The molecule has 6 nitrogen and oxygen atoms in total. The summed E-state index contributed by atoms with van der Waals surface area (Å²) in [4.78, 5) is 9.59. The Morgan fingerprint density at radius 1 is 0.857 bits per heavy atom. The molecule has 0 amide bonds. The predicted octanol–water partition coefficient (Wildman–Crippen LogP) is 4.56. The van der Waals surface area contributed by atoms with Crippen LogP contribution in [-0.2, 0) is 0 Å². The van der Waals surface area contributed by atoms with Gasteiger partial charge in [-0.15, -0.1) is 0 Å². The highest BCUT2D eigenvalue weighted by Crippen LogP contribution is 2.30. The molecule has 0 saturated heterocycles. The van der Waals surface area contributed by atoms with Gasteiger partial charge in [0.15, 0.2) is 5.65 Å². The van der Waals surface area contributed by atoms with E-state index in [-0.39, 0.29) is 0 Å². The van der Waals surface area contributed by atoms with Gasteiger partial charge in [0, 0.05) is 17.1 Å². The fraction of sp³-hybridized carbons (Fsp3) is 0.0455. The summed E-state index contributed by atoms with van der Waals surface area (Å²) >= 11 is 0. The first-order valence-corrected chi connectivity index (χ1v) is 8.93. The van der Waals surface area contributed by atoms with E-state index in [1.807, 2.05) is 83.5 Å². The number of H-pyrrole nitrogens is 1. The Morgan fingerprint density at radius 2 is 1.61 bits per heavy atom. The summed E-state index contributed by atoms with van der Waals surface area (Å²) in [7, 11) is 1.66. The first-order chi connectivity index (χ1) is 13.8. The molecule has 0 aliphatic carbocycles. The Bertz CT molecular complexity index is 1370. The first kappa shape index (κ1) is 16.3. The van der Waals surface area contributed by atoms with Gasteiger partial charge in [-0.05, 0) is 30.3 Å². The number of methoxy groups -OCH3 is 1. The Balaban J connectivity index is 2.01. The number of benzene rings is 3. The standard InChI is InChI=1S/C22H17N5O/c1-28-20-13-7-3-9-16(20)21-22-24-18-11-5-4-10-17(18)23-14-15-8-2-6-12-19(15)27(22)26-25-21/h2-14,26H,1H3. The van der Waals surface area contributed by atoms with E-state index in [2.05, 4.69) is 15.3 Å². The second kappa shape index (κ2) is 6.66. The van der Waals surface area contributed by atoms with Crippen LogP contribution < -0.4 is 4.74 Å². The molecule has 136 valence electrons. The van der Waals surface area contributed by atoms with Crippen LogP contribution in [0.2, 0.25) is 0 Å². The van der Waals surface area contributed by atoms with Crippen molar-refractivity contribution in [3.8, 4) is 17.0 Å². The van der Waals surface area contributed by atoms with Gasteiger partial charge in [0.2, 0.25) is 0 Å². The van der Waals surface area contributed by atoms with Crippen LogP contribution >= 0.6 is 0 Å². The minimum Gasteiger partial charge on any atom is -0.496 e. The fourth-order valence-electron chi connectivity index (χ4n) is 3.32. The summed E-state index contributed by atoms with van der Waals surface area (Å²) in [5.74, 6) is 0.741. The number of ether oxygens (including phenoxy) is 1. The predicted molar refractivity (Wildman–Crippen MR) is 110 cm³/mol. The van der Waals surface area contributed by atoms with Gasteiger partial charge in [-0.3, -0.25) is 4.98 Å². The van der Waals surface area contributed by atoms with Crippen molar-refractivity contribution >= 4 is 27.6 Å². The van der Waals surface area contributed by atoms with Crippen molar-refractivity contribution in [1.29, 1.82) is 0 Å². The summed E-state index contributed by atoms with van der Waals surface area (Å²) in [5.41, 5.74) is 4.77. The van der Waals surface area contributed by atoms with Crippen LogP contribution in [0, 0.1) is 0 Å². The molecule has 0 saturated carbocycles. The molecule has 5 rings (SSSR count).